The van der Waals surface area contributed by atoms with Crippen molar-refractivity contribution in [2.24, 2.45) is 5.92 Å². The maximum absolute atomic E-state index is 3.48. The number of hydrogen-bond acceptors (Lipinski definition) is 0. The van der Waals surface area contributed by atoms with E-state index in [-0.39, 0.29) is 0 Å². The van der Waals surface area contributed by atoms with E-state index in [0.29, 0.717) is 0 Å². The Hall–Kier alpha value is -0.520. The topological polar surface area (TPSA) is 0 Å². The van der Waals surface area contributed by atoms with Gasteiger partial charge in [-0.25, -0.2) is 0 Å². The molecule has 1 heteroatoms. The molecule has 0 bridgehead atoms. The fourth-order valence-corrected chi connectivity index (χ4v) is 2.26. The highest BCUT2D eigenvalue weighted by atomic mass is 15.3. The lowest BCUT2D eigenvalue weighted by atomic mass is 10.1. The molecule has 0 spiro atoms. The average Bonchev–Trinajstić information content (AvgIpc) is 2.82. The SMILES string of the molecule is CC1CCCC2CC2=C=CC[N+]1(C)C. The van der Waals surface area contributed by atoms with Crippen LogP contribution in [-0.4, -0.2) is 31.2 Å². The van der Waals surface area contributed by atoms with Crippen molar-refractivity contribution in [1.82, 2.24) is 0 Å². The van der Waals surface area contributed by atoms with Gasteiger partial charge >= 0.3 is 0 Å². The third-order valence-corrected chi connectivity index (χ3v) is 4.02. The molecule has 0 aromatic rings. The first-order valence-corrected chi connectivity index (χ1v) is 5.86. The molecule has 0 N–H and O–H groups in total. The lowest BCUT2D eigenvalue weighted by molar-refractivity contribution is -0.908. The number of nitrogens with zero attached hydrogens (tertiary/aromatic N) is 1. The summed E-state index contributed by atoms with van der Waals surface area (Å²) >= 11 is 0. The van der Waals surface area contributed by atoms with E-state index in [1.54, 1.807) is 5.57 Å². The fourth-order valence-electron chi connectivity index (χ4n) is 2.26. The van der Waals surface area contributed by atoms with E-state index in [0.717, 1.165) is 23.0 Å². The van der Waals surface area contributed by atoms with Crippen LogP contribution in [0.4, 0.5) is 0 Å². The summed E-state index contributed by atoms with van der Waals surface area (Å²) in [5.74, 6) is 0.909. The summed E-state index contributed by atoms with van der Waals surface area (Å²) in [5.41, 5.74) is 5.06. The van der Waals surface area contributed by atoms with Gasteiger partial charge in [-0.15, -0.1) is 5.73 Å². The van der Waals surface area contributed by atoms with Crippen molar-refractivity contribution in [3.05, 3.63) is 17.4 Å². The first kappa shape index (κ1) is 10.0. The second kappa shape index (κ2) is 3.56. The Kier molecular flexibility index (Phi) is 2.55. The molecule has 2 aliphatic rings. The van der Waals surface area contributed by atoms with Gasteiger partial charge in [0.2, 0.25) is 0 Å². The maximum Gasteiger partial charge on any atom is 0.105 e. The molecule has 1 heterocycles. The molecule has 1 aliphatic carbocycles. The van der Waals surface area contributed by atoms with E-state index < -0.39 is 0 Å². The molecule has 2 rings (SSSR count). The Bertz CT molecular complexity index is 282. The van der Waals surface area contributed by atoms with Crippen molar-refractivity contribution >= 4 is 0 Å². The van der Waals surface area contributed by atoms with Gasteiger partial charge in [0.25, 0.3) is 0 Å². The van der Waals surface area contributed by atoms with Crippen LogP contribution in [0.15, 0.2) is 17.4 Å². The second-order valence-corrected chi connectivity index (χ2v) is 5.52. The molecular formula is C13H22N+. The van der Waals surface area contributed by atoms with Crippen LogP contribution < -0.4 is 0 Å². The molecule has 0 aromatic carbocycles. The summed E-state index contributed by atoms with van der Waals surface area (Å²) < 4.78 is 1.12. The van der Waals surface area contributed by atoms with E-state index in [1.807, 2.05) is 0 Å². The standard InChI is InChI=1S/C13H22N/c1-11-6-4-7-12-10-13(12)8-5-9-14(11,2)3/h5,11-12H,4,6-7,9-10H2,1-3H3/q+1. The summed E-state index contributed by atoms with van der Waals surface area (Å²) in [4.78, 5) is 0. The van der Waals surface area contributed by atoms with Crippen molar-refractivity contribution in [2.75, 3.05) is 20.6 Å². The van der Waals surface area contributed by atoms with Gasteiger partial charge in [-0.3, -0.25) is 0 Å². The van der Waals surface area contributed by atoms with Crippen LogP contribution in [0.2, 0.25) is 0 Å². The number of rotatable bonds is 0. The van der Waals surface area contributed by atoms with Crippen LogP contribution >= 0.6 is 0 Å². The van der Waals surface area contributed by atoms with Gasteiger partial charge in [-0.1, -0.05) is 0 Å². The van der Waals surface area contributed by atoms with Crippen LogP contribution in [0.25, 0.3) is 0 Å². The molecule has 0 amide bonds. The predicted molar refractivity (Wildman–Crippen MR) is 60.0 cm³/mol. The molecule has 14 heavy (non-hydrogen) atoms. The quantitative estimate of drug-likeness (QED) is 0.409. The molecule has 0 saturated heterocycles. The van der Waals surface area contributed by atoms with Crippen LogP contribution in [-0.2, 0) is 0 Å². The summed E-state index contributed by atoms with van der Waals surface area (Å²) in [7, 11) is 4.67. The Morgan fingerprint density at radius 3 is 2.93 bits per heavy atom. The predicted octanol–water partition coefficient (Wildman–Crippen LogP) is 2.74. The second-order valence-electron chi connectivity index (χ2n) is 5.52. The summed E-state index contributed by atoms with van der Waals surface area (Å²) in [5, 5.41) is 0. The Balaban J connectivity index is 2.11. The Morgan fingerprint density at radius 1 is 1.36 bits per heavy atom. The van der Waals surface area contributed by atoms with Crippen LogP contribution in [0, 0.1) is 5.92 Å². The fraction of sp³-hybridized carbons (Fsp3) is 0.769. The van der Waals surface area contributed by atoms with Gasteiger partial charge in [0, 0.05) is 6.08 Å². The first-order valence-electron chi connectivity index (χ1n) is 5.86. The largest absolute Gasteiger partial charge is 0.323 e. The lowest BCUT2D eigenvalue weighted by Crippen LogP contribution is -2.47. The van der Waals surface area contributed by atoms with Gasteiger partial charge < -0.3 is 4.48 Å². The highest BCUT2D eigenvalue weighted by molar-refractivity contribution is 5.22. The van der Waals surface area contributed by atoms with Crippen molar-refractivity contribution in [3.8, 4) is 0 Å². The summed E-state index contributed by atoms with van der Waals surface area (Å²) in [6, 6.07) is 0.786. The van der Waals surface area contributed by atoms with Gasteiger partial charge in [0.1, 0.15) is 6.54 Å². The van der Waals surface area contributed by atoms with Crippen molar-refractivity contribution < 1.29 is 4.48 Å². The lowest BCUT2D eigenvalue weighted by Gasteiger charge is -2.35. The number of fused-ring (bicyclic) bond motifs is 1. The number of quaternary nitrogens is 1. The van der Waals surface area contributed by atoms with E-state index in [2.05, 4.69) is 32.8 Å². The van der Waals surface area contributed by atoms with E-state index in [4.69, 9.17) is 0 Å². The van der Waals surface area contributed by atoms with Gasteiger partial charge in [-0.2, -0.15) is 0 Å². The molecule has 78 valence electrons. The number of likely N-dealkylation sites (N-methyl/N-ethyl adjacent to an activating group) is 1. The van der Waals surface area contributed by atoms with Crippen LogP contribution in [0.5, 0.6) is 0 Å². The summed E-state index contributed by atoms with van der Waals surface area (Å²) in [6.45, 7) is 3.52. The molecule has 2 unspecified atom stereocenters. The number of hydrogen-bond donors (Lipinski definition) is 0. The maximum atomic E-state index is 3.48. The van der Waals surface area contributed by atoms with Gasteiger partial charge in [0.15, 0.2) is 0 Å². The minimum atomic E-state index is 0.786. The minimum absolute atomic E-state index is 0.786. The molecular weight excluding hydrogens is 170 g/mol. The minimum Gasteiger partial charge on any atom is -0.323 e. The molecule has 1 aliphatic heterocycles. The van der Waals surface area contributed by atoms with E-state index in [9.17, 15) is 0 Å². The highest BCUT2D eigenvalue weighted by Crippen LogP contribution is 2.41. The Morgan fingerprint density at radius 2 is 2.14 bits per heavy atom. The van der Waals surface area contributed by atoms with Gasteiger partial charge in [0.05, 0.1) is 20.1 Å². The molecule has 0 aromatic heterocycles. The first-order chi connectivity index (χ1) is 6.59. The van der Waals surface area contributed by atoms with Crippen LogP contribution in [0.1, 0.15) is 32.6 Å². The smallest absolute Gasteiger partial charge is 0.105 e. The van der Waals surface area contributed by atoms with Gasteiger partial charge in [-0.05, 0) is 44.1 Å². The third-order valence-electron chi connectivity index (χ3n) is 4.02. The molecule has 1 saturated carbocycles. The van der Waals surface area contributed by atoms with E-state index >= 15 is 0 Å². The van der Waals surface area contributed by atoms with Crippen molar-refractivity contribution in [1.29, 1.82) is 0 Å². The third kappa shape index (κ3) is 2.10. The zero-order valence-corrected chi connectivity index (χ0v) is 9.71. The van der Waals surface area contributed by atoms with E-state index in [1.165, 1.54) is 25.7 Å². The highest BCUT2D eigenvalue weighted by Gasteiger charge is 2.31. The summed E-state index contributed by atoms with van der Waals surface area (Å²) in [6.07, 6.45) is 7.78. The normalized spacial score (nSPS) is 35.8. The average molecular weight is 192 g/mol. The monoisotopic (exact) mass is 192 g/mol. The zero-order valence-electron chi connectivity index (χ0n) is 9.71. The van der Waals surface area contributed by atoms with Crippen LogP contribution in [0.3, 0.4) is 0 Å². The molecule has 0 radical (unpaired) electrons. The Labute approximate surface area is 87.7 Å². The molecule has 1 fully saturated rings. The van der Waals surface area contributed by atoms with Crippen molar-refractivity contribution in [3.63, 3.8) is 0 Å². The molecule has 1 nitrogen and oxygen atoms in total. The van der Waals surface area contributed by atoms with Crippen molar-refractivity contribution in [2.45, 2.75) is 38.6 Å². The molecule has 2 atom stereocenters. The zero-order chi connectivity index (χ0) is 10.2.